The van der Waals surface area contributed by atoms with E-state index >= 15 is 0 Å². The van der Waals surface area contributed by atoms with Gasteiger partial charge in [-0.05, 0) is 30.3 Å². The van der Waals surface area contributed by atoms with E-state index in [2.05, 4.69) is 5.32 Å². The zero-order chi connectivity index (χ0) is 18.5. The highest BCUT2D eigenvalue weighted by Gasteiger charge is 2.23. The molecule has 1 saturated heterocycles. The smallest absolute Gasteiger partial charge is 0.279 e. The van der Waals surface area contributed by atoms with Crippen LogP contribution in [-0.2, 0) is 4.79 Å². The molecule has 2 N–H and O–H groups in total. The number of carbonyl (C=O) groups is 1. The minimum Gasteiger partial charge on any atom is -0.495 e. The first-order chi connectivity index (χ1) is 12.6. The lowest BCUT2D eigenvalue weighted by molar-refractivity contribution is -0.892. The van der Waals surface area contributed by atoms with Gasteiger partial charge in [0.15, 0.2) is 6.54 Å². The summed E-state index contributed by atoms with van der Waals surface area (Å²) in [6, 6.07) is 11.9. The number of amides is 1. The van der Waals surface area contributed by atoms with Crippen molar-refractivity contribution in [2.75, 3.05) is 50.1 Å². The number of hydrogen-bond donors (Lipinski definition) is 2. The lowest BCUT2D eigenvalue weighted by Crippen LogP contribution is -3.15. The Balaban J connectivity index is 1.50. The Morgan fingerprint density at radius 2 is 2.00 bits per heavy atom. The summed E-state index contributed by atoms with van der Waals surface area (Å²) < 4.78 is 19.0. The molecule has 26 heavy (non-hydrogen) atoms. The Morgan fingerprint density at radius 3 is 2.65 bits per heavy atom. The number of para-hydroxylation sites is 1. The summed E-state index contributed by atoms with van der Waals surface area (Å²) in [6.45, 7) is 3.38. The quantitative estimate of drug-likeness (QED) is 0.834. The second kappa shape index (κ2) is 8.38. The fourth-order valence-electron chi connectivity index (χ4n) is 3.13. The maximum Gasteiger partial charge on any atom is 0.279 e. The fourth-order valence-corrected chi connectivity index (χ4v) is 3.38. The average Bonchev–Trinajstić information content (AvgIpc) is 2.63. The first-order valence-corrected chi connectivity index (χ1v) is 8.91. The number of piperazine rings is 1. The van der Waals surface area contributed by atoms with Gasteiger partial charge in [0.2, 0.25) is 0 Å². The van der Waals surface area contributed by atoms with E-state index in [0.717, 1.165) is 26.2 Å². The van der Waals surface area contributed by atoms with Gasteiger partial charge in [0.25, 0.3) is 5.91 Å². The molecular formula is C19H22ClFN3O2+. The van der Waals surface area contributed by atoms with E-state index in [1.165, 1.54) is 11.0 Å². The van der Waals surface area contributed by atoms with E-state index in [9.17, 15) is 9.18 Å². The summed E-state index contributed by atoms with van der Waals surface area (Å²) >= 11 is 6.07. The van der Waals surface area contributed by atoms with Crippen molar-refractivity contribution in [1.82, 2.24) is 0 Å². The van der Waals surface area contributed by atoms with Crippen molar-refractivity contribution in [2.24, 2.45) is 0 Å². The predicted molar refractivity (Wildman–Crippen MR) is 101 cm³/mol. The minimum atomic E-state index is -0.204. The molecule has 1 aliphatic rings. The Morgan fingerprint density at radius 1 is 1.27 bits per heavy atom. The van der Waals surface area contributed by atoms with E-state index in [-0.39, 0.29) is 11.7 Å². The van der Waals surface area contributed by atoms with Crippen LogP contribution in [0, 0.1) is 5.82 Å². The number of carbonyl (C=O) groups excluding carboxylic acids is 1. The first kappa shape index (κ1) is 18.5. The summed E-state index contributed by atoms with van der Waals surface area (Å²) in [5, 5.41) is 3.31. The van der Waals surface area contributed by atoms with Crippen LogP contribution in [0.5, 0.6) is 5.75 Å². The summed E-state index contributed by atoms with van der Waals surface area (Å²) in [5.41, 5.74) is 1.27. The van der Waals surface area contributed by atoms with Crippen molar-refractivity contribution >= 4 is 28.9 Å². The molecule has 5 nitrogen and oxygen atoms in total. The lowest BCUT2D eigenvalue weighted by atomic mass is 10.2. The third-order valence-electron chi connectivity index (χ3n) is 4.51. The highest BCUT2D eigenvalue weighted by Crippen LogP contribution is 2.27. The third-order valence-corrected chi connectivity index (χ3v) is 4.81. The molecule has 0 aliphatic carbocycles. The van der Waals surface area contributed by atoms with Crippen molar-refractivity contribution < 1.29 is 18.8 Å². The van der Waals surface area contributed by atoms with Crippen LogP contribution in [0.25, 0.3) is 0 Å². The molecule has 2 aromatic carbocycles. The van der Waals surface area contributed by atoms with Gasteiger partial charge in [-0.25, -0.2) is 4.39 Å². The van der Waals surface area contributed by atoms with Gasteiger partial charge in [0.1, 0.15) is 11.6 Å². The van der Waals surface area contributed by atoms with E-state index in [1.54, 1.807) is 37.4 Å². The molecule has 1 heterocycles. The van der Waals surface area contributed by atoms with Gasteiger partial charge in [-0.3, -0.25) is 4.79 Å². The van der Waals surface area contributed by atoms with Gasteiger partial charge >= 0.3 is 0 Å². The van der Waals surface area contributed by atoms with Crippen molar-refractivity contribution in [3.63, 3.8) is 0 Å². The van der Waals surface area contributed by atoms with Crippen LogP contribution in [0.4, 0.5) is 15.8 Å². The topological polar surface area (TPSA) is 46.0 Å². The summed E-state index contributed by atoms with van der Waals surface area (Å²) in [6.07, 6.45) is 0. The van der Waals surface area contributed by atoms with Gasteiger partial charge in [0, 0.05) is 5.69 Å². The normalized spacial score (nSPS) is 15.0. The number of anilines is 2. The number of hydrogen-bond acceptors (Lipinski definition) is 3. The largest absolute Gasteiger partial charge is 0.495 e. The number of nitrogens with one attached hydrogen (secondary N) is 2. The van der Waals surface area contributed by atoms with E-state index in [1.807, 2.05) is 11.0 Å². The van der Waals surface area contributed by atoms with E-state index in [4.69, 9.17) is 16.3 Å². The molecule has 0 bridgehead atoms. The summed E-state index contributed by atoms with van der Waals surface area (Å²) in [7, 11) is 1.55. The maximum atomic E-state index is 13.9. The zero-order valence-corrected chi connectivity index (χ0v) is 15.4. The van der Waals surface area contributed by atoms with Crippen LogP contribution in [0.3, 0.4) is 0 Å². The second-order valence-corrected chi connectivity index (χ2v) is 6.67. The molecule has 1 aliphatic heterocycles. The van der Waals surface area contributed by atoms with Gasteiger partial charge in [-0.15, -0.1) is 0 Å². The van der Waals surface area contributed by atoms with Gasteiger partial charge in [0.05, 0.1) is 44.0 Å². The lowest BCUT2D eigenvalue weighted by Gasteiger charge is -2.33. The molecule has 7 heteroatoms. The molecule has 0 saturated carbocycles. The first-order valence-electron chi connectivity index (χ1n) is 8.53. The highest BCUT2D eigenvalue weighted by molar-refractivity contribution is 6.32. The molecule has 2 aromatic rings. The fraction of sp³-hybridized carbons (Fsp3) is 0.316. The Hall–Kier alpha value is -2.31. The molecule has 0 spiro atoms. The number of quaternary nitrogens is 1. The minimum absolute atomic E-state index is 0.0689. The molecular weight excluding hydrogens is 357 g/mol. The van der Waals surface area contributed by atoms with Crippen LogP contribution in [0.2, 0.25) is 5.02 Å². The Labute approximate surface area is 157 Å². The van der Waals surface area contributed by atoms with Crippen LogP contribution in [0.1, 0.15) is 0 Å². The SMILES string of the molecule is COc1ccc(NC(=O)C[NH+]2CCN(c3ccccc3F)CC2)cc1Cl. The zero-order valence-electron chi connectivity index (χ0n) is 14.6. The standard InChI is InChI=1S/C19H21ClFN3O2/c1-26-18-7-6-14(12-15(18)20)22-19(25)13-23-8-10-24(11-9-23)17-5-3-2-4-16(17)21/h2-7,12H,8-11,13H2,1H3,(H,22,25)/p+1. The van der Waals surface area contributed by atoms with Crippen molar-refractivity contribution in [3.05, 3.63) is 53.3 Å². The molecule has 0 radical (unpaired) electrons. The molecule has 0 unspecified atom stereocenters. The number of benzene rings is 2. The van der Waals surface area contributed by atoms with Crippen molar-refractivity contribution in [1.29, 1.82) is 0 Å². The van der Waals surface area contributed by atoms with Gasteiger partial charge in [-0.2, -0.15) is 0 Å². The Bertz CT molecular complexity index is 779. The number of rotatable bonds is 5. The van der Waals surface area contributed by atoms with Crippen LogP contribution < -0.4 is 19.9 Å². The Kier molecular flexibility index (Phi) is 5.96. The van der Waals surface area contributed by atoms with Crippen LogP contribution in [0.15, 0.2) is 42.5 Å². The van der Waals surface area contributed by atoms with Crippen molar-refractivity contribution in [2.45, 2.75) is 0 Å². The molecule has 138 valence electrons. The number of methoxy groups -OCH3 is 1. The summed E-state index contributed by atoms with van der Waals surface area (Å²) in [5.74, 6) is 0.296. The molecule has 3 rings (SSSR count). The number of ether oxygens (including phenoxy) is 1. The van der Waals surface area contributed by atoms with Crippen LogP contribution >= 0.6 is 11.6 Å². The highest BCUT2D eigenvalue weighted by atomic mass is 35.5. The predicted octanol–water partition coefficient (Wildman–Crippen LogP) is 1.83. The third kappa shape index (κ3) is 4.45. The number of halogens is 2. The molecule has 1 fully saturated rings. The van der Waals surface area contributed by atoms with E-state index in [0.29, 0.717) is 28.7 Å². The van der Waals surface area contributed by atoms with E-state index < -0.39 is 0 Å². The van der Waals surface area contributed by atoms with Gasteiger partial charge in [-0.1, -0.05) is 23.7 Å². The van der Waals surface area contributed by atoms with Crippen LogP contribution in [-0.4, -0.2) is 45.7 Å². The van der Waals surface area contributed by atoms with Gasteiger partial charge < -0.3 is 19.9 Å². The maximum absolute atomic E-state index is 13.9. The van der Waals surface area contributed by atoms with Crippen molar-refractivity contribution in [3.8, 4) is 5.75 Å². The second-order valence-electron chi connectivity index (χ2n) is 6.26. The molecule has 0 aromatic heterocycles. The molecule has 1 amide bonds. The molecule has 0 atom stereocenters. The average molecular weight is 379 g/mol. The monoisotopic (exact) mass is 378 g/mol. The number of nitrogens with zero attached hydrogens (tertiary/aromatic N) is 1. The summed E-state index contributed by atoms with van der Waals surface area (Å²) in [4.78, 5) is 15.5.